The zero-order valence-electron chi connectivity index (χ0n) is 13.8. The molecule has 3 aromatic rings. The predicted octanol–water partition coefficient (Wildman–Crippen LogP) is 6.04. The third kappa shape index (κ3) is 2.72. The van der Waals surface area contributed by atoms with Crippen molar-refractivity contribution in [2.45, 2.75) is 6.92 Å². The highest BCUT2D eigenvalue weighted by molar-refractivity contribution is 9.11. The molecule has 0 saturated carbocycles. The van der Waals surface area contributed by atoms with Gasteiger partial charge in [0.05, 0.1) is 22.5 Å². The van der Waals surface area contributed by atoms with Gasteiger partial charge in [-0.05, 0) is 52.7 Å². The summed E-state index contributed by atoms with van der Waals surface area (Å²) in [7, 11) is 0. The first kappa shape index (κ1) is 17.2. The number of benzene rings is 3. The zero-order chi connectivity index (χ0) is 18.4. The first-order chi connectivity index (χ1) is 12.5. The zero-order valence-corrected chi connectivity index (χ0v) is 16.9. The maximum absolute atomic E-state index is 13.1. The maximum Gasteiger partial charge on any atom is 0.196 e. The van der Waals surface area contributed by atoms with Crippen molar-refractivity contribution in [3.8, 4) is 0 Å². The first-order valence-electron chi connectivity index (χ1n) is 8.01. The Morgan fingerprint density at radius 1 is 0.731 bits per heavy atom. The summed E-state index contributed by atoms with van der Waals surface area (Å²) >= 11 is 6.98. The van der Waals surface area contributed by atoms with Crippen LogP contribution in [-0.4, -0.2) is 11.6 Å². The lowest BCUT2D eigenvalue weighted by atomic mass is 9.83. The van der Waals surface area contributed by atoms with Gasteiger partial charge in [-0.3, -0.25) is 9.59 Å². The summed E-state index contributed by atoms with van der Waals surface area (Å²) in [5.41, 5.74) is 4.26. The van der Waals surface area contributed by atoms with Gasteiger partial charge in [0.15, 0.2) is 11.6 Å². The Labute approximate surface area is 167 Å². The fourth-order valence-electron chi connectivity index (χ4n) is 3.15. The molecule has 1 aliphatic rings. The predicted molar refractivity (Wildman–Crippen MR) is 110 cm³/mol. The molecule has 1 aliphatic carbocycles. The molecule has 5 heteroatoms. The Balaban J connectivity index is 1.89. The number of hydrogen-bond donors (Lipinski definition) is 1. The molecule has 0 aliphatic heterocycles. The molecule has 26 heavy (non-hydrogen) atoms. The van der Waals surface area contributed by atoms with Crippen LogP contribution in [0.5, 0.6) is 0 Å². The Morgan fingerprint density at radius 3 is 2.00 bits per heavy atom. The summed E-state index contributed by atoms with van der Waals surface area (Å²) < 4.78 is 1.51. The minimum absolute atomic E-state index is 0.145. The number of halogens is 2. The number of carbonyl (C=O) groups excluding carboxylic acids is 2. The van der Waals surface area contributed by atoms with Gasteiger partial charge >= 0.3 is 0 Å². The molecule has 0 heterocycles. The van der Waals surface area contributed by atoms with E-state index in [9.17, 15) is 9.59 Å². The smallest absolute Gasteiger partial charge is 0.196 e. The fraction of sp³-hybridized carbons (Fsp3) is 0.0476. The molecule has 0 saturated heterocycles. The van der Waals surface area contributed by atoms with Gasteiger partial charge < -0.3 is 5.32 Å². The molecule has 0 radical (unpaired) electrons. The van der Waals surface area contributed by atoms with Crippen LogP contribution in [0, 0.1) is 6.92 Å². The Bertz CT molecular complexity index is 1090. The second-order valence-electron chi connectivity index (χ2n) is 6.16. The third-order valence-electron chi connectivity index (χ3n) is 4.42. The van der Waals surface area contributed by atoms with Gasteiger partial charge in [0.1, 0.15) is 0 Å². The molecule has 1 N–H and O–H groups in total. The van der Waals surface area contributed by atoms with Crippen LogP contribution < -0.4 is 5.32 Å². The van der Waals surface area contributed by atoms with Gasteiger partial charge in [-0.15, -0.1) is 0 Å². The fourth-order valence-corrected chi connectivity index (χ4v) is 4.26. The summed E-state index contributed by atoms with van der Waals surface area (Å²) in [4.78, 5) is 26.1. The number of nitrogens with one attached hydrogen (secondary N) is 1. The Kier molecular flexibility index (Phi) is 4.29. The summed E-state index contributed by atoms with van der Waals surface area (Å²) in [5, 5.41) is 3.30. The Morgan fingerprint density at radius 2 is 1.35 bits per heavy atom. The van der Waals surface area contributed by atoms with Crippen molar-refractivity contribution in [2.75, 3.05) is 5.32 Å². The normalized spacial score (nSPS) is 12.6. The number of rotatable bonds is 2. The van der Waals surface area contributed by atoms with E-state index in [1.165, 1.54) is 0 Å². The van der Waals surface area contributed by atoms with Crippen molar-refractivity contribution in [3.63, 3.8) is 0 Å². The summed E-state index contributed by atoms with van der Waals surface area (Å²) in [6.07, 6.45) is 0. The molecule has 0 aromatic heterocycles. The van der Waals surface area contributed by atoms with Crippen LogP contribution in [0.3, 0.4) is 0 Å². The molecule has 3 nitrogen and oxygen atoms in total. The van der Waals surface area contributed by atoms with Crippen molar-refractivity contribution >= 4 is 54.8 Å². The quantitative estimate of drug-likeness (QED) is 0.388. The van der Waals surface area contributed by atoms with Gasteiger partial charge in [0.2, 0.25) is 0 Å². The summed E-state index contributed by atoms with van der Waals surface area (Å²) in [6.45, 7) is 2.01. The van der Waals surface area contributed by atoms with Crippen LogP contribution in [-0.2, 0) is 0 Å². The van der Waals surface area contributed by atoms with Gasteiger partial charge in [0, 0.05) is 20.1 Å². The van der Waals surface area contributed by atoms with Crippen LogP contribution in [0.1, 0.15) is 37.4 Å². The lowest BCUT2D eigenvalue weighted by Crippen LogP contribution is -2.22. The van der Waals surface area contributed by atoms with E-state index in [1.807, 2.05) is 31.2 Å². The van der Waals surface area contributed by atoms with Crippen LogP contribution in [0.4, 0.5) is 11.4 Å². The first-order valence-corrected chi connectivity index (χ1v) is 9.60. The Hall–Kier alpha value is -2.24. The van der Waals surface area contributed by atoms with E-state index in [1.54, 1.807) is 30.3 Å². The highest BCUT2D eigenvalue weighted by atomic mass is 79.9. The number of hydrogen-bond acceptors (Lipinski definition) is 3. The molecule has 0 unspecified atom stereocenters. The number of aryl methyl sites for hydroxylation is 1. The molecule has 3 aromatic carbocycles. The minimum atomic E-state index is -0.151. The number of anilines is 2. The van der Waals surface area contributed by atoms with E-state index in [4.69, 9.17) is 0 Å². The van der Waals surface area contributed by atoms with Crippen molar-refractivity contribution in [2.24, 2.45) is 0 Å². The van der Waals surface area contributed by atoms with Crippen molar-refractivity contribution < 1.29 is 9.59 Å². The van der Waals surface area contributed by atoms with E-state index >= 15 is 0 Å². The molecule has 0 atom stereocenters. The van der Waals surface area contributed by atoms with E-state index in [-0.39, 0.29) is 11.6 Å². The number of fused-ring (bicyclic) bond motifs is 2. The average molecular weight is 471 g/mol. The number of ketones is 2. The molecule has 0 spiro atoms. The van der Waals surface area contributed by atoms with Crippen LogP contribution >= 0.6 is 31.9 Å². The highest BCUT2D eigenvalue weighted by Gasteiger charge is 2.33. The lowest BCUT2D eigenvalue weighted by molar-refractivity contribution is 0.0979. The topological polar surface area (TPSA) is 46.2 Å². The molecule has 0 amide bonds. The van der Waals surface area contributed by atoms with Crippen molar-refractivity contribution in [1.29, 1.82) is 0 Å². The number of carbonyl (C=O) groups is 2. The standard InChI is InChI=1S/C21H13Br2NO2/c1-11-6-8-16(15(23)10-11)24-17-9-7-14(22)18-19(17)21(26)13-5-3-2-4-12(13)20(18)25/h2-10,24H,1H3. The third-order valence-corrected chi connectivity index (χ3v) is 5.74. The highest BCUT2D eigenvalue weighted by Crippen LogP contribution is 2.38. The average Bonchev–Trinajstić information content (AvgIpc) is 2.63. The molecule has 128 valence electrons. The largest absolute Gasteiger partial charge is 0.354 e. The molecule has 0 fully saturated rings. The van der Waals surface area contributed by atoms with Crippen LogP contribution in [0.15, 0.2) is 63.5 Å². The summed E-state index contributed by atoms with van der Waals surface area (Å²) in [5.74, 6) is -0.295. The second kappa shape index (κ2) is 6.49. The van der Waals surface area contributed by atoms with Crippen molar-refractivity contribution in [3.05, 3.63) is 91.4 Å². The van der Waals surface area contributed by atoms with E-state index in [0.29, 0.717) is 32.4 Å². The van der Waals surface area contributed by atoms with Crippen LogP contribution in [0.2, 0.25) is 0 Å². The molecule has 4 rings (SSSR count). The van der Waals surface area contributed by atoms with E-state index in [0.717, 1.165) is 15.7 Å². The van der Waals surface area contributed by atoms with Crippen molar-refractivity contribution in [1.82, 2.24) is 0 Å². The molecular formula is C21H13Br2NO2. The van der Waals surface area contributed by atoms with Crippen LogP contribution in [0.25, 0.3) is 0 Å². The monoisotopic (exact) mass is 469 g/mol. The minimum Gasteiger partial charge on any atom is -0.354 e. The van der Waals surface area contributed by atoms with Gasteiger partial charge in [-0.25, -0.2) is 0 Å². The SMILES string of the molecule is Cc1ccc(Nc2ccc(Br)c3c2C(=O)c2ccccc2C3=O)c(Br)c1. The van der Waals surface area contributed by atoms with E-state index < -0.39 is 0 Å². The maximum atomic E-state index is 13.1. The van der Waals surface area contributed by atoms with E-state index in [2.05, 4.69) is 37.2 Å². The lowest BCUT2D eigenvalue weighted by Gasteiger charge is -2.22. The van der Waals surface area contributed by atoms with Gasteiger partial charge in [-0.2, -0.15) is 0 Å². The summed E-state index contributed by atoms with van der Waals surface area (Å²) in [6, 6.07) is 16.5. The second-order valence-corrected chi connectivity index (χ2v) is 7.87. The molecule has 0 bridgehead atoms. The molecular weight excluding hydrogens is 458 g/mol. The van der Waals surface area contributed by atoms with Gasteiger partial charge in [-0.1, -0.05) is 46.3 Å². The van der Waals surface area contributed by atoms with Gasteiger partial charge in [0.25, 0.3) is 0 Å².